The lowest BCUT2D eigenvalue weighted by Gasteiger charge is -2.03. The first-order valence-electron chi connectivity index (χ1n) is 4.19. The van der Waals surface area contributed by atoms with Gasteiger partial charge in [0.2, 0.25) is 0 Å². The van der Waals surface area contributed by atoms with Gasteiger partial charge in [0.05, 0.1) is 0 Å². The summed E-state index contributed by atoms with van der Waals surface area (Å²) in [5.41, 5.74) is 9.72. The highest BCUT2D eigenvalue weighted by Crippen LogP contribution is 2.10. The summed E-state index contributed by atoms with van der Waals surface area (Å²) in [6.07, 6.45) is -1.07. The van der Waals surface area contributed by atoms with Gasteiger partial charge in [0.25, 0.3) is 0 Å². The first kappa shape index (κ1) is 11.9. The number of benzene rings is 1. The van der Waals surface area contributed by atoms with E-state index in [4.69, 9.17) is 11.5 Å². The van der Waals surface area contributed by atoms with E-state index in [0.717, 1.165) is 18.2 Å². The molecule has 4 N–H and O–H groups in total. The third-order valence-corrected chi connectivity index (χ3v) is 1.58. The van der Waals surface area contributed by atoms with Gasteiger partial charge in [-0.05, 0) is 18.2 Å². The van der Waals surface area contributed by atoms with Crippen LogP contribution in [0.3, 0.4) is 0 Å². The van der Waals surface area contributed by atoms with Gasteiger partial charge in [-0.2, -0.15) is 0 Å². The number of carbonyl (C=O) groups is 1. The SMILES string of the molecule is NC(N)=NC(=O)OCc1cc(F)ccc1F. The molecule has 0 radical (unpaired) electrons. The highest BCUT2D eigenvalue weighted by molar-refractivity contribution is 5.87. The van der Waals surface area contributed by atoms with Crippen LogP contribution in [0.2, 0.25) is 0 Å². The van der Waals surface area contributed by atoms with Gasteiger partial charge in [0.15, 0.2) is 5.96 Å². The number of halogens is 2. The average Bonchev–Trinajstić information content (AvgIpc) is 2.18. The number of rotatable bonds is 2. The summed E-state index contributed by atoms with van der Waals surface area (Å²) >= 11 is 0. The highest BCUT2D eigenvalue weighted by Gasteiger charge is 2.07. The second-order valence-corrected chi connectivity index (χ2v) is 2.83. The molecule has 0 aliphatic rings. The molecule has 1 aromatic rings. The first-order chi connectivity index (χ1) is 7.49. The van der Waals surface area contributed by atoms with Crippen molar-refractivity contribution in [3.05, 3.63) is 35.4 Å². The van der Waals surface area contributed by atoms with E-state index in [1.165, 1.54) is 0 Å². The molecule has 0 unspecified atom stereocenters. The van der Waals surface area contributed by atoms with Gasteiger partial charge in [-0.1, -0.05) is 0 Å². The van der Waals surface area contributed by atoms with Crippen LogP contribution in [-0.2, 0) is 11.3 Å². The highest BCUT2D eigenvalue weighted by atomic mass is 19.1. The normalized spacial score (nSPS) is 9.62. The molecule has 0 spiro atoms. The summed E-state index contributed by atoms with van der Waals surface area (Å²) in [6, 6.07) is 2.80. The van der Waals surface area contributed by atoms with Gasteiger partial charge >= 0.3 is 6.09 Å². The Labute approximate surface area is 89.7 Å². The maximum absolute atomic E-state index is 13.0. The predicted octanol–water partition coefficient (Wildman–Crippen LogP) is 0.875. The van der Waals surface area contributed by atoms with Crippen LogP contribution in [0.4, 0.5) is 13.6 Å². The molecular formula is C9H9F2N3O2. The molecule has 0 heterocycles. The van der Waals surface area contributed by atoms with Crippen LogP contribution >= 0.6 is 0 Å². The molecule has 5 nitrogen and oxygen atoms in total. The summed E-state index contributed by atoms with van der Waals surface area (Å²) in [5.74, 6) is -1.78. The number of amides is 1. The van der Waals surface area contributed by atoms with Crippen LogP contribution in [-0.4, -0.2) is 12.1 Å². The third-order valence-electron chi connectivity index (χ3n) is 1.58. The Bertz CT molecular complexity index is 431. The number of nitrogens with two attached hydrogens (primary N) is 2. The number of hydrogen-bond acceptors (Lipinski definition) is 2. The van der Waals surface area contributed by atoms with Gasteiger partial charge in [-0.25, -0.2) is 13.6 Å². The van der Waals surface area contributed by atoms with E-state index >= 15 is 0 Å². The summed E-state index contributed by atoms with van der Waals surface area (Å²) < 4.78 is 30.2. The Balaban J connectivity index is 2.64. The van der Waals surface area contributed by atoms with E-state index in [9.17, 15) is 13.6 Å². The molecular weight excluding hydrogens is 220 g/mol. The number of aliphatic imine (C=N–C) groups is 1. The maximum atomic E-state index is 13.0. The number of nitrogens with zero attached hydrogens (tertiary/aromatic N) is 1. The molecule has 0 aromatic heterocycles. The molecule has 7 heteroatoms. The molecule has 0 aliphatic heterocycles. The molecule has 0 aliphatic carbocycles. The summed E-state index contributed by atoms with van der Waals surface area (Å²) in [4.78, 5) is 13.9. The minimum Gasteiger partial charge on any atom is -0.443 e. The van der Waals surface area contributed by atoms with Gasteiger partial charge in [-0.3, -0.25) is 0 Å². The Kier molecular flexibility index (Phi) is 3.76. The van der Waals surface area contributed by atoms with Crippen molar-refractivity contribution in [2.45, 2.75) is 6.61 Å². The zero-order valence-electron chi connectivity index (χ0n) is 8.11. The van der Waals surface area contributed by atoms with Gasteiger partial charge < -0.3 is 16.2 Å². The minimum absolute atomic E-state index is 0.0980. The monoisotopic (exact) mass is 229 g/mol. The standard InChI is InChI=1S/C9H9F2N3O2/c10-6-1-2-7(11)5(3-6)4-16-9(15)14-8(12)13/h1-3H,4H2,(H4,12,13,14,15). The molecule has 16 heavy (non-hydrogen) atoms. The molecule has 0 saturated heterocycles. The van der Waals surface area contributed by atoms with Crippen LogP contribution in [0.1, 0.15) is 5.56 Å². The van der Waals surface area contributed by atoms with E-state index in [1.807, 2.05) is 0 Å². The zero-order valence-corrected chi connectivity index (χ0v) is 8.11. The van der Waals surface area contributed by atoms with Gasteiger partial charge in [0, 0.05) is 5.56 Å². The van der Waals surface area contributed by atoms with Crippen LogP contribution in [0.5, 0.6) is 0 Å². The Morgan fingerprint density at radius 2 is 2.06 bits per heavy atom. The van der Waals surface area contributed by atoms with Crippen molar-refractivity contribution >= 4 is 12.1 Å². The van der Waals surface area contributed by atoms with Crippen LogP contribution < -0.4 is 11.5 Å². The lowest BCUT2D eigenvalue weighted by Crippen LogP contribution is -2.24. The Morgan fingerprint density at radius 3 is 2.69 bits per heavy atom. The average molecular weight is 229 g/mol. The van der Waals surface area contributed by atoms with Crippen LogP contribution in [0, 0.1) is 11.6 Å². The first-order valence-corrected chi connectivity index (χ1v) is 4.19. The summed E-state index contributed by atoms with van der Waals surface area (Å²) in [6.45, 7) is -0.445. The fraction of sp³-hybridized carbons (Fsp3) is 0.111. The van der Waals surface area contributed by atoms with Crippen molar-refractivity contribution in [3.63, 3.8) is 0 Å². The molecule has 0 saturated carbocycles. The molecule has 86 valence electrons. The van der Waals surface area contributed by atoms with Crippen molar-refractivity contribution in [2.24, 2.45) is 16.5 Å². The van der Waals surface area contributed by atoms with Crippen molar-refractivity contribution in [1.82, 2.24) is 0 Å². The fourth-order valence-electron chi connectivity index (χ4n) is 0.931. The quantitative estimate of drug-likeness (QED) is 0.581. The summed E-state index contributed by atoms with van der Waals surface area (Å²) in [5, 5.41) is 0. The maximum Gasteiger partial charge on any atom is 0.437 e. The van der Waals surface area contributed by atoms with Crippen molar-refractivity contribution in [1.29, 1.82) is 0 Å². The second kappa shape index (κ2) is 5.06. The number of guanidine groups is 1. The second-order valence-electron chi connectivity index (χ2n) is 2.83. The zero-order chi connectivity index (χ0) is 12.1. The molecule has 1 rings (SSSR count). The van der Waals surface area contributed by atoms with E-state index in [0.29, 0.717) is 0 Å². The Morgan fingerprint density at radius 1 is 1.38 bits per heavy atom. The van der Waals surface area contributed by atoms with E-state index in [-0.39, 0.29) is 5.56 Å². The van der Waals surface area contributed by atoms with E-state index in [2.05, 4.69) is 9.73 Å². The topological polar surface area (TPSA) is 90.7 Å². The molecule has 1 aromatic carbocycles. The number of carbonyl (C=O) groups excluding carboxylic acids is 1. The van der Waals surface area contributed by atoms with Crippen LogP contribution in [0.25, 0.3) is 0 Å². The third kappa shape index (κ3) is 3.52. The van der Waals surface area contributed by atoms with Crippen LogP contribution in [0.15, 0.2) is 23.2 Å². The fourth-order valence-corrected chi connectivity index (χ4v) is 0.931. The predicted molar refractivity (Wildman–Crippen MR) is 52.4 cm³/mol. The van der Waals surface area contributed by atoms with Crippen molar-refractivity contribution in [3.8, 4) is 0 Å². The number of hydrogen-bond donors (Lipinski definition) is 2. The smallest absolute Gasteiger partial charge is 0.437 e. The molecule has 0 fully saturated rings. The lowest BCUT2D eigenvalue weighted by molar-refractivity contribution is 0.149. The van der Waals surface area contributed by atoms with E-state index in [1.54, 1.807) is 0 Å². The molecule has 0 atom stereocenters. The molecule has 1 amide bonds. The van der Waals surface area contributed by atoms with Crippen molar-refractivity contribution < 1.29 is 18.3 Å². The van der Waals surface area contributed by atoms with Crippen molar-refractivity contribution in [2.75, 3.05) is 0 Å². The minimum atomic E-state index is -1.07. The number of ether oxygens (including phenoxy) is 1. The summed E-state index contributed by atoms with van der Waals surface area (Å²) in [7, 11) is 0. The largest absolute Gasteiger partial charge is 0.443 e. The lowest BCUT2D eigenvalue weighted by atomic mass is 10.2. The van der Waals surface area contributed by atoms with Gasteiger partial charge in [-0.15, -0.1) is 4.99 Å². The Hall–Kier alpha value is -2.18. The van der Waals surface area contributed by atoms with E-state index < -0.39 is 30.3 Å². The van der Waals surface area contributed by atoms with Gasteiger partial charge in [0.1, 0.15) is 18.2 Å². The molecule has 0 bridgehead atoms.